The van der Waals surface area contributed by atoms with E-state index in [9.17, 15) is 4.79 Å². The third kappa shape index (κ3) is 5.19. The van der Waals surface area contributed by atoms with E-state index in [4.69, 9.17) is 16.0 Å². The van der Waals surface area contributed by atoms with E-state index < -0.39 is 0 Å². The third-order valence-electron chi connectivity index (χ3n) is 4.47. The zero-order valence-corrected chi connectivity index (χ0v) is 18.5. The second-order valence-corrected chi connectivity index (χ2v) is 8.64. The lowest BCUT2D eigenvalue weighted by Crippen LogP contribution is -2.17. The Hall–Kier alpha value is -2.31. The van der Waals surface area contributed by atoms with Gasteiger partial charge < -0.3 is 9.73 Å². The molecule has 0 saturated heterocycles. The van der Waals surface area contributed by atoms with Crippen LogP contribution in [-0.4, -0.2) is 21.9 Å². The minimum absolute atomic E-state index is 0.109. The summed E-state index contributed by atoms with van der Waals surface area (Å²) < 4.78 is 5.65. The molecular formula is C22H24ClN3O2S. The van der Waals surface area contributed by atoms with Gasteiger partial charge in [-0.1, -0.05) is 81.4 Å². The van der Waals surface area contributed by atoms with Gasteiger partial charge in [0, 0.05) is 5.69 Å². The summed E-state index contributed by atoms with van der Waals surface area (Å²) in [6.45, 7) is 8.49. The molecular weight excluding hydrogens is 406 g/mol. The number of aromatic nitrogens is 2. The first-order chi connectivity index (χ1) is 13.9. The molecule has 1 aromatic heterocycles. The molecule has 2 aromatic carbocycles. The molecule has 7 heteroatoms. The summed E-state index contributed by atoms with van der Waals surface area (Å²) in [4.78, 5) is 12.6. The summed E-state index contributed by atoms with van der Waals surface area (Å²) >= 11 is 7.37. The number of para-hydroxylation sites is 1. The van der Waals surface area contributed by atoms with Crippen LogP contribution in [0.2, 0.25) is 5.02 Å². The van der Waals surface area contributed by atoms with Gasteiger partial charge in [0.1, 0.15) is 0 Å². The van der Waals surface area contributed by atoms with E-state index in [0.29, 0.717) is 33.5 Å². The Balaban J connectivity index is 1.69. The minimum atomic E-state index is -0.109. The monoisotopic (exact) mass is 429 g/mol. The van der Waals surface area contributed by atoms with Crippen LogP contribution in [-0.2, 0) is 4.79 Å². The summed E-state index contributed by atoms with van der Waals surface area (Å²) in [5, 5.41) is 12.0. The molecule has 0 atom stereocenters. The quantitative estimate of drug-likeness (QED) is 0.442. The lowest BCUT2D eigenvalue weighted by atomic mass is 9.92. The van der Waals surface area contributed by atoms with E-state index >= 15 is 0 Å². The number of benzene rings is 2. The Bertz CT molecular complexity index is 975. The number of thioether (sulfide) groups is 1. The van der Waals surface area contributed by atoms with Crippen molar-refractivity contribution in [2.75, 3.05) is 11.1 Å². The molecule has 29 heavy (non-hydrogen) atoms. The molecule has 0 aliphatic carbocycles. The van der Waals surface area contributed by atoms with Gasteiger partial charge >= 0.3 is 0 Å². The molecule has 0 spiro atoms. The number of nitrogens with zero attached hydrogens (tertiary/aromatic N) is 2. The Kier molecular flexibility index (Phi) is 6.98. The highest BCUT2D eigenvalue weighted by molar-refractivity contribution is 7.99. The van der Waals surface area contributed by atoms with E-state index in [1.54, 1.807) is 6.07 Å². The van der Waals surface area contributed by atoms with Gasteiger partial charge in [0.25, 0.3) is 5.22 Å². The molecule has 3 rings (SSSR count). The Morgan fingerprint density at radius 2 is 1.69 bits per heavy atom. The first kappa shape index (κ1) is 21.4. The fourth-order valence-electron chi connectivity index (χ4n) is 3.01. The predicted octanol–water partition coefficient (Wildman–Crippen LogP) is 6.37. The number of amides is 1. The molecule has 0 aliphatic rings. The summed E-state index contributed by atoms with van der Waals surface area (Å²) in [6.07, 6.45) is 0. The van der Waals surface area contributed by atoms with E-state index in [2.05, 4.69) is 55.3 Å². The van der Waals surface area contributed by atoms with Gasteiger partial charge in [0.2, 0.25) is 11.8 Å². The zero-order chi connectivity index (χ0) is 21.0. The van der Waals surface area contributed by atoms with Crippen LogP contribution in [0.15, 0.2) is 52.1 Å². The third-order valence-corrected chi connectivity index (χ3v) is 5.62. The van der Waals surface area contributed by atoms with Crippen molar-refractivity contribution in [1.82, 2.24) is 10.2 Å². The standard InChI is InChI=1S/C22H24ClN3O2S/c1-13(2)15-9-7-10-16(14(3)4)20(15)24-19(27)12-29-22-26-25-21(28-22)17-8-5-6-11-18(17)23/h5-11,13-14H,12H2,1-4H3,(H,24,27). The molecule has 0 saturated carbocycles. The molecule has 1 amide bonds. The van der Waals surface area contributed by atoms with Crippen molar-refractivity contribution in [2.45, 2.75) is 44.8 Å². The van der Waals surface area contributed by atoms with Crippen molar-refractivity contribution in [3.05, 3.63) is 58.6 Å². The maximum atomic E-state index is 12.6. The maximum absolute atomic E-state index is 12.6. The minimum Gasteiger partial charge on any atom is -0.411 e. The van der Waals surface area contributed by atoms with Gasteiger partial charge in [-0.15, -0.1) is 10.2 Å². The van der Waals surface area contributed by atoms with Crippen LogP contribution in [0.5, 0.6) is 0 Å². The second-order valence-electron chi connectivity index (χ2n) is 7.31. The highest BCUT2D eigenvalue weighted by Crippen LogP contribution is 2.33. The van der Waals surface area contributed by atoms with Gasteiger partial charge in [0.15, 0.2) is 0 Å². The Labute approximate surface area is 180 Å². The van der Waals surface area contributed by atoms with Gasteiger partial charge in [-0.25, -0.2) is 0 Å². The van der Waals surface area contributed by atoms with Crippen molar-refractivity contribution in [1.29, 1.82) is 0 Å². The number of nitrogens with one attached hydrogen (secondary N) is 1. The van der Waals surface area contributed by atoms with Gasteiger partial charge in [0.05, 0.1) is 16.3 Å². The zero-order valence-electron chi connectivity index (χ0n) is 16.9. The Morgan fingerprint density at radius 3 is 2.31 bits per heavy atom. The summed E-state index contributed by atoms with van der Waals surface area (Å²) in [7, 11) is 0. The fourth-order valence-corrected chi connectivity index (χ4v) is 3.79. The van der Waals surface area contributed by atoms with Crippen molar-refractivity contribution >= 4 is 35.0 Å². The van der Waals surface area contributed by atoms with Crippen LogP contribution < -0.4 is 5.32 Å². The normalized spacial score (nSPS) is 11.3. The molecule has 1 heterocycles. The van der Waals surface area contributed by atoms with E-state index in [1.807, 2.05) is 24.3 Å². The molecule has 1 N–H and O–H groups in total. The van der Waals surface area contributed by atoms with Crippen molar-refractivity contribution in [3.8, 4) is 11.5 Å². The van der Waals surface area contributed by atoms with Crippen LogP contribution in [0.1, 0.15) is 50.7 Å². The summed E-state index contributed by atoms with van der Waals surface area (Å²) in [6, 6.07) is 13.4. The highest BCUT2D eigenvalue weighted by atomic mass is 35.5. The molecule has 0 radical (unpaired) electrons. The lowest BCUT2D eigenvalue weighted by molar-refractivity contribution is -0.113. The van der Waals surface area contributed by atoms with E-state index in [-0.39, 0.29) is 11.7 Å². The maximum Gasteiger partial charge on any atom is 0.277 e. The largest absolute Gasteiger partial charge is 0.411 e. The fraction of sp³-hybridized carbons (Fsp3) is 0.318. The van der Waals surface area contributed by atoms with Crippen LogP contribution >= 0.6 is 23.4 Å². The molecule has 0 aliphatic heterocycles. The van der Waals surface area contributed by atoms with Crippen molar-refractivity contribution in [2.24, 2.45) is 0 Å². The first-order valence-electron chi connectivity index (χ1n) is 9.50. The van der Waals surface area contributed by atoms with Crippen molar-refractivity contribution < 1.29 is 9.21 Å². The average Bonchev–Trinajstić information content (AvgIpc) is 3.15. The number of carbonyl (C=O) groups excluding carboxylic acids is 1. The molecule has 0 bridgehead atoms. The number of hydrogen-bond acceptors (Lipinski definition) is 5. The van der Waals surface area contributed by atoms with Crippen molar-refractivity contribution in [3.63, 3.8) is 0 Å². The van der Waals surface area contributed by atoms with Gasteiger partial charge in [-0.2, -0.15) is 0 Å². The predicted molar refractivity (Wildman–Crippen MR) is 119 cm³/mol. The van der Waals surface area contributed by atoms with Gasteiger partial charge in [-0.3, -0.25) is 4.79 Å². The second kappa shape index (κ2) is 9.46. The van der Waals surface area contributed by atoms with Gasteiger partial charge in [-0.05, 0) is 35.1 Å². The molecule has 3 aromatic rings. The molecule has 152 valence electrons. The topological polar surface area (TPSA) is 68.0 Å². The van der Waals surface area contributed by atoms with Crippen LogP contribution in [0, 0.1) is 0 Å². The highest BCUT2D eigenvalue weighted by Gasteiger charge is 2.17. The summed E-state index contributed by atoms with van der Waals surface area (Å²) in [5.41, 5.74) is 3.84. The number of halogens is 1. The number of anilines is 1. The Morgan fingerprint density at radius 1 is 1.03 bits per heavy atom. The smallest absolute Gasteiger partial charge is 0.277 e. The lowest BCUT2D eigenvalue weighted by Gasteiger charge is -2.20. The molecule has 0 fully saturated rings. The van der Waals surface area contributed by atoms with Crippen LogP contribution in [0.3, 0.4) is 0 Å². The number of carbonyl (C=O) groups is 1. The number of hydrogen-bond donors (Lipinski definition) is 1. The van der Waals surface area contributed by atoms with Crippen LogP contribution in [0.25, 0.3) is 11.5 Å². The summed E-state index contributed by atoms with van der Waals surface area (Å²) in [5.74, 6) is 1.03. The first-order valence-corrected chi connectivity index (χ1v) is 10.9. The molecule has 0 unspecified atom stereocenters. The SMILES string of the molecule is CC(C)c1cccc(C(C)C)c1NC(=O)CSc1nnc(-c2ccccc2Cl)o1. The van der Waals surface area contributed by atoms with E-state index in [0.717, 1.165) is 16.8 Å². The molecule has 5 nitrogen and oxygen atoms in total. The van der Waals surface area contributed by atoms with E-state index in [1.165, 1.54) is 11.8 Å². The average molecular weight is 430 g/mol. The number of rotatable bonds is 7. The van der Waals surface area contributed by atoms with Crippen LogP contribution in [0.4, 0.5) is 5.69 Å².